The normalized spacial score (nSPS) is 20.9. The Morgan fingerprint density at radius 3 is 2.00 bits per heavy atom. The molecule has 0 saturated carbocycles. The largest absolute Gasteiger partial charge is 0.173 e. The average molecular weight is 389 g/mol. The maximum absolute atomic E-state index is 4.69. The van der Waals surface area contributed by atoms with Crippen molar-refractivity contribution in [2.75, 3.05) is 11.5 Å². The molecule has 0 fully saturated rings. The molecule has 2 aliphatic heterocycles. The number of thiol groups is 4. The molecule has 2 aliphatic rings. The van der Waals surface area contributed by atoms with Crippen LogP contribution in [0, 0.1) is 0 Å². The minimum atomic E-state index is -1.35. The molecule has 2 rings (SSSR count). The molecule has 0 N–H and O–H groups in total. The molecule has 8 heteroatoms. The molecular weight excluding hydrogens is 377 g/mol. The Morgan fingerprint density at radius 2 is 1.50 bits per heavy atom. The van der Waals surface area contributed by atoms with Crippen molar-refractivity contribution < 1.29 is 0 Å². The van der Waals surface area contributed by atoms with E-state index in [0.717, 1.165) is 8.39 Å². The van der Waals surface area contributed by atoms with E-state index in [1.54, 1.807) is 35.3 Å². The van der Waals surface area contributed by atoms with Crippen LogP contribution in [0.4, 0.5) is 0 Å². The van der Waals surface area contributed by atoms with Crippen LogP contribution in [0.1, 0.15) is 0 Å². The first kappa shape index (κ1) is 16.1. The van der Waals surface area contributed by atoms with Gasteiger partial charge in [0.15, 0.2) is 0 Å². The lowest BCUT2D eigenvalue weighted by atomic mass is 10.9. The number of hydrogen-bond acceptors (Lipinski definition) is 5. The summed E-state index contributed by atoms with van der Waals surface area (Å²) in [5.41, 5.74) is 0. The maximum Gasteiger partial charge on any atom is 0.0685 e. The number of rotatable bonds is 2. The van der Waals surface area contributed by atoms with Gasteiger partial charge in [-0.2, -0.15) is 25.3 Å². The third-order valence-corrected chi connectivity index (χ3v) is 13.6. The van der Waals surface area contributed by atoms with Gasteiger partial charge in [-0.1, -0.05) is 35.3 Å². The van der Waals surface area contributed by atoms with Gasteiger partial charge in [-0.25, -0.2) is 0 Å². The Hall–Kier alpha value is 1.76. The predicted molar refractivity (Wildman–Crippen MR) is 111 cm³/mol. The van der Waals surface area contributed by atoms with Crippen molar-refractivity contribution in [2.24, 2.45) is 0 Å². The summed E-state index contributed by atoms with van der Waals surface area (Å²) in [6, 6.07) is 0. The van der Waals surface area contributed by atoms with Crippen molar-refractivity contribution >= 4 is 103 Å². The zero-order valence-corrected chi connectivity index (χ0v) is 16.0. The van der Waals surface area contributed by atoms with Crippen molar-refractivity contribution in [3.8, 4) is 0 Å². The lowest BCUT2D eigenvalue weighted by Gasteiger charge is -2.20. The van der Waals surface area contributed by atoms with Crippen molar-refractivity contribution in [1.82, 2.24) is 0 Å². The average Bonchev–Trinajstić information content (AvgIpc) is 3.05. The van der Waals surface area contributed by atoms with E-state index in [4.69, 9.17) is 25.3 Å². The minimum Gasteiger partial charge on any atom is -0.173 e. The number of hydrogen-bond donors (Lipinski definition) is 4. The molecule has 0 aromatic rings. The fraction of sp³-hybridized carbons (Fsp3) is 0.200. The maximum atomic E-state index is 4.69. The first-order valence-corrected chi connectivity index (χ1v) is 11.4. The first-order chi connectivity index (χ1) is 8.66. The van der Waals surface area contributed by atoms with Crippen LogP contribution in [-0.4, -0.2) is 19.9 Å². The van der Waals surface area contributed by atoms with Crippen LogP contribution in [0.5, 0.6) is 0 Å². The molecule has 2 heterocycles. The molecule has 18 heavy (non-hydrogen) atoms. The molecular formula is C10H12S8. The Balaban J connectivity index is 2.77. The van der Waals surface area contributed by atoms with Gasteiger partial charge in [-0.3, -0.25) is 0 Å². The van der Waals surface area contributed by atoms with Crippen LogP contribution in [-0.2, 0) is 0 Å². The van der Waals surface area contributed by atoms with Gasteiger partial charge in [0.05, 0.1) is 8.47 Å². The van der Waals surface area contributed by atoms with E-state index in [2.05, 4.69) is 46.9 Å². The molecule has 100 valence electrons. The highest BCUT2D eigenvalue weighted by atomic mass is 32.3. The second-order valence-corrected chi connectivity index (χ2v) is 11.8. The van der Waals surface area contributed by atoms with E-state index in [-0.39, 0.29) is 0 Å². The SMILES string of the molecule is SCC(S)=S1(=C(S)CS)C=CSC1=C1SC=CS1. The van der Waals surface area contributed by atoms with Crippen molar-refractivity contribution in [3.63, 3.8) is 0 Å². The van der Waals surface area contributed by atoms with Crippen LogP contribution in [0.2, 0.25) is 0 Å². The Labute approximate surface area is 143 Å². The van der Waals surface area contributed by atoms with Gasteiger partial charge in [-0.05, 0) is 21.6 Å². The van der Waals surface area contributed by atoms with Crippen LogP contribution in [0.15, 0.2) is 30.1 Å². The van der Waals surface area contributed by atoms with E-state index in [9.17, 15) is 0 Å². The van der Waals surface area contributed by atoms with E-state index >= 15 is 0 Å². The minimum absolute atomic E-state index is 0.653. The highest BCUT2D eigenvalue weighted by Gasteiger charge is 2.25. The van der Waals surface area contributed by atoms with E-state index in [1.807, 2.05) is 0 Å². The summed E-state index contributed by atoms with van der Waals surface area (Å²) in [6.07, 6.45) is 0. The van der Waals surface area contributed by atoms with E-state index in [0.29, 0.717) is 11.5 Å². The third kappa shape index (κ3) is 2.86. The van der Waals surface area contributed by atoms with Gasteiger partial charge >= 0.3 is 0 Å². The lowest BCUT2D eigenvalue weighted by molar-refractivity contribution is 2.15. The third-order valence-electron chi connectivity index (χ3n) is 2.31. The fourth-order valence-corrected chi connectivity index (χ4v) is 12.4. The van der Waals surface area contributed by atoms with Gasteiger partial charge in [-0.15, -0.1) is 34.5 Å². The summed E-state index contributed by atoms with van der Waals surface area (Å²) in [4.78, 5) is 0. The molecule has 0 nitrogen and oxygen atoms in total. The summed E-state index contributed by atoms with van der Waals surface area (Å²) < 4.78 is 4.87. The van der Waals surface area contributed by atoms with Gasteiger partial charge in [0, 0.05) is 19.9 Å². The Kier molecular flexibility index (Phi) is 6.41. The molecule has 0 saturated heterocycles. The highest BCUT2D eigenvalue weighted by molar-refractivity contribution is 8.55. The van der Waals surface area contributed by atoms with Crippen LogP contribution in [0.25, 0.3) is 0 Å². The van der Waals surface area contributed by atoms with Crippen LogP contribution in [0.3, 0.4) is 0 Å². The Bertz CT molecular complexity index is 524. The molecule has 0 radical (unpaired) electrons. The van der Waals surface area contributed by atoms with Gasteiger partial charge in [0.1, 0.15) is 0 Å². The van der Waals surface area contributed by atoms with Crippen LogP contribution < -0.4 is 0 Å². The molecule has 0 amide bonds. The summed E-state index contributed by atoms with van der Waals surface area (Å²) in [7, 11) is -1.35. The molecule has 0 aromatic heterocycles. The van der Waals surface area contributed by atoms with Crippen LogP contribution >= 0.6 is 95.0 Å². The van der Waals surface area contributed by atoms with Crippen molar-refractivity contribution in [2.45, 2.75) is 0 Å². The van der Waals surface area contributed by atoms with Gasteiger partial charge in [0.25, 0.3) is 0 Å². The topological polar surface area (TPSA) is 0 Å². The highest BCUT2D eigenvalue weighted by Crippen LogP contribution is 2.60. The smallest absolute Gasteiger partial charge is 0.0685 e. The molecule has 0 atom stereocenters. The number of thioether (sulfide) groups is 3. The lowest BCUT2D eigenvalue weighted by Crippen LogP contribution is -2.02. The summed E-state index contributed by atoms with van der Waals surface area (Å²) >= 11 is 23.5. The zero-order chi connectivity index (χ0) is 13.2. The quantitative estimate of drug-likeness (QED) is 0.386. The van der Waals surface area contributed by atoms with Crippen molar-refractivity contribution in [1.29, 1.82) is 0 Å². The standard InChI is InChI=1S/C10H12S8/c11-5-7(13)18(8(14)6-12)4-3-17-10(18)9-15-1-2-16-9/h1-4,11-14H,5-6H2. The zero-order valence-electron chi connectivity index (χ0n) is 9.15. The van der Waals surface area contributed by atoms with Gasteiger partial charge < -0.3 is 0 Å². The second-order valence-electron chi connectivity index (χ2n) is 3.24. The first-order valence-electron chi connectivity index (χ1n) is 4.87. The summed E-state index contributed by atoms with van der Waals surface area (Å²) in [6.45, 7) is 0. The second kappa shape index (κ2) is 7.15. The molecule has 0 spiro atoms. The molecule has 0 aromatic carbocycles. The molecule has 0 unspecified atom stereocenters. The van der Waals surface area contributed by atoms with Gasteiger partial charge in [0.2, 0.25) is 0 Å². The predicted octanol–water partition coefficient (Wildman–Crippen LogP) is 5.07. The summed E-state index contributed by atoms with van der Waals surface area (Å²) in [5.74, 6) is 1.31. The van der Waals surface area contributed by atoms with E-state index in [1.165, 1.54) is 8.47 Å². The fourth-order valence-electron chi connectivity index (χ4n) is 1.50. The molecule has 0 bridgehead atoms. The van der Waals surface area contributed by atoms with Crippen molar-refractivity contribution in [3.05, 3.63) is 30.1 Å². The molecule has 0 aliphatic carbocycles. The summed E-state index contributed by atoms with van der Waals surface area (Å²) in [5, 5.41) is 8.63. The monoisotopic (exact) mass is 388 g/mol. The Morgan fingerprint density at radius 1 is 0.944 bits per heavy atom. The van der Waals surface area contributed by atoms with E-state index < -0.39 is 9.21 Å².